The van der Waals surface area contributed by atoms with Crippen molar-refractivity contribution >= 4 is 39.5 Å². The molecule has 0 fully saturated rings. The van der Waals surface area contributed by atoms with E-state index in [2.05, 4.69) is 55.4 Å². The van der Waals surface area contributed by atoms with Gasteiger partial charge in [-0.2, -0.15) is 0 Å². The minimum Gasteiger partial charge on any atom is -0.462 e. The second-order valence-corrected chi connectivity index (χ2v) is 27.7. The Morgan fingerprint density at radius 1 is 0.337 bits per heavy atom. The van der Waals surface area contributed by atoms with E-state index >= 15 is 0 Å². The zero-order chi connectivity index (χ0) is 61.8. The molecule has 6 atom stereocenters. The van der Waals surface area contributed by atoms with Crippen molar-refractivity contribution in [3.8, 4) is 0 Å². The molecule has 17 nitrogen and oxygen atoms in total. The van der Waals surface area contributed by atoms with Gasteiger partial charge >= 0.3 is 39.5 Å². The number of carbonyl (C=O) groups is 4. The first-order chi connectivity index (χ1) is 39.6. The van der Waals surface area contributed by atoms with Crippen molar-refractivity contribution in [1.82, 2.24) is 0 Å². The number of aliphatic hydroxyl groups excluding tert-OH is 1. The van der Waals surface area contributed by atoms with Crippen molar-refractivity contribution in [2.45, 2.75) is 324 Å². The van der Waals surface area contributed by atoms with E-state index in [9.17, 15) is 43.2 Å². The van der Waals surface area contributed by atoms with Crippen LogP contribution in [0.15, 0.2) is 0 Å². The Morgan fingerprint density at radius 3 is 0.855 bits per heavy atom. The molecule has 83 heavy (non-hydrogen) atoms. The van der Waals surface area contributed by atoms with Crippen LogP contribution in [-0.2, 0) is 65.4 Å². The summed E-state index contributed by atoms with van der Waals surface area (Å²) < 4.78 is 68.0. The standard InChI is InChI=1S/C64H124O17P2/c1-9-57(8)43-35-27-18-12-15-19-28-36-44-61(66)74-50-59(80-63(68)46-38-30-20-13-10-16-24-32-40-54(2)3)52-78-82(70,71)76-48-58(65)49-77-83(72,73)79-53-60(51-75-62(67)45-37-29-23-22-26-34-42-56(6)7)81-64(69)47-39-31-21-14-11-17-25-33-41-55(4)5/h54-60,65H,9-53H2,1-8H3,(H,70,71)(H,72,73)/t57?,58-,59-,60-/m1/s1. The van der Waals surface area contributed by atoms with E-state index in [4.69, 9.17) is 37.0 Å². The summed E-state index contributed by atoms with van der Waals surface area (Å²) in [5.41, 5.74) is 0. The molecule has 0 aliphatic carbocycles. The number of hydrogen-bond acceptors (Lipinski definition) is 15. The summed E-state index contributed by atoms with van der Waals surface area (Å²) in [7, 11) is -9.89. The average Bonchev–Trinajstić information content (AvgIpc) is 3.43. The van der Waals surface area contributed by atoms with Gasteiger partial charge in [0.2, 0.25) is 0 Å². The fourth-order valence-corrected chi connectivity index (χ4v) is 11.0. The maximum absolute atomic E-state index is 13.0. The highest BCUT2D eigenvalue weighted by molar-refractivity contribution is 7.47. The number of esters is 4. The van der Waals surface area contributed by atoms with E-state index in [0.29, 0.717) is 31.6 Å². The van der Waals surface area contributed by atoms with E-state index in [1.54, 1.807) is 0 Å². The molecule has 0 saturated heterocycles. The lowest BCUT2D eigenvalue weighted by molar-refractivity contribution is -0.161. The highest BCUT2D eigenvalue weighted by Crippen LogP contribution is 2.45. The molecule has 0 amide bonds. The van der Waals surface area contributed by atoms with Gasteiger partial charge < -0.3 is 33.8 Å². The van der Waals surface area contributed by atoms with Crippen LogP contribution in [0.5, 0.6) is 0 Å². The third-order valence-corrected chi connectivity index (χ3v) is 16.8. The van der Waals surface area contributed by atoms with Crippen LogP contribution in [0.25, 0.3) is 0 Å². The maximum atomic E-state index is 13.0. The summed E-state index contributed by atoms with van der Waals surface area (Å²) in [6.45, 7) is 13.9. The first-order valence-electron chi connectivity index (χ1n) is 33.2. The third kappa shape index (κ3) is 57.6. The molecule has 0 spiro atoms. The molecule has 492 valence electrons. The minimum atomic E-state index is -4.95. The second-order valence-electron chi connectivity index (χ2n) is 24.8. The van der Waals surface area contributed by atoms with Crippen LogP contribution in [0, 0.1) is 23.7 Å². The molecule has 0 rings (SSSR count). The Balaban J connectivity index is 5.26. The van der Waals surface area contributed by atoms with Gasteiger partial charge in [-0.05, 0) is 49.4 Å². The van der Waals surface area contributed by atoms with E-state index in [1.165, 1.54) is 103 Å². The topological polar surface area (TPSA) is 237 Å². The van der Waals surface area contributed by atoms with E-state index < -0.39 is 97.5 Å². The van der Waals surface area contributed by atoms with Crippen molar-refractivity contribution in [3.05, 3.63) is 0 Å². The van der Waals surface area contributed by atoms with Gasteiger partial charge in [0.05, 0.1) is 26.4 Å². The highest BCUT2D eigenvalue weighted by Gasteiger charge is 2.30. The molecule has 0 aliphatic rings. The summed E-state index contributed by atoms with van der Waals surface area (Å²) >= 11 is 0. The Morgan fingerprint density at radius 2 is 0.578 bits per heavy atom. The Kier molecular flexibility index (Phi) is 53.0. The summed E-state index contributed by atoms with van der Waals surface area (Å²) in [4.78, 5) is 72.2. The van der Waals surface area contributed by atoms with E-state index in [-0.39, 0.29) is 25.7 Å². The fraction of sp³-hybridized carbons (Fsp3) is 0.938. The van der Waals surface area contributed by atoms with Gasteiger partial charge in [0.25, 0.3) is 0 Å². The van der Waals surface area contributed by atoms with Gasteiger partial charge in [-0.15, -0.1) is 0 Å². The zero-order valence-electron chi connectivity index (χ0n) is 53.8. The van der Waals surface area contributed by atoms with Gasteiger partial charge in [-0.3, -0.25) is 37.3 Å². The van der Waals surface area contributed by atoms with Gasteiger partial charge in [-0.1, -0.05) is 254 Å². The van der Waals surface area contributed by atoms with Crippen molar-refractivity contribution in [2.75, 3.05) is 39.6 Å². The summed E-state index contributed by atoms with van der Waals surface area (Å²) in [6, 6.07) is 0. The van der Waals surface area contributed by atoms with E-state index in [0.717, 1.165) is 114 Å². The summed E-state index contributed by atoms with van der Waals surface area (Å²) in [5, 5.41) is 10.5. The Labute approximate surface area is 505 Å². The quantitative estimate of drug-likeness (QED) is 0.0222. The van der Waals surface area contributed by atoms with Gasteiger partial charge in [-0.25, -0.2) is 9.13 Å². The molecule has 0 heterocycles. The van der Waals surface area contributed by atoms with Crippen LogP contribution in [0.4, 0.5) is 0 Å². The van der Waals surface area contributed by atoms with Crippen molar-refractivity contribution in [2.24, 2.45) is 23.7 Å². The first kappa shape index (κ1) is 81.1. The maximum Gasteiger partial charge on any atom is 0.472 e. The fourth-order valence-electron chi connectivity index (χ4n) is 9.40. The summed E-state index contributed by atoms with van der Waals surface area (Å²) in [6.07, 6.45) is 33.6. The predicted octanol–water partition coefficient (Wildman–Crippen LogP) is 17.4. The average molecular weight is 1230 g/mol. The van der Waals surface area contributed by atoms with E-state index in [1.807, 2.05) is 0 Å². The highest BCUT2D eigenvalue weighted by atomic mass is 31.2. The van der Waals surface area contributed by atoms with Gasteiger partial charge in [0, 0.05) is 25.7 Å². The molecule has 3 N–H and O–H groups in total. The monoisotopic (exact) mass is 1230 g/mol. The summed E-state index contributed by atoms with van der Waals surface area (Å²) in [5.74, 6) is 0.751. The normalized spacial score (nSPS) is 14.8. The zero-order valence-corrected chi connectivity index (χ0v) is 55.6. The number of phosphoric ester groups is 2. The number of unbranched alkanes of at least 4 members (excludes halogenated alkanes) is 26. The molecule has 0 bridgehead atoms. The molecule has 0 aliphatic heterocycles. The molecule has 0 radical (unpaired) electrons. The van der Waals surface area contributed by atoms with Gasteiger partial charge in [0.15, 0.2) is 12.2 Å². The van der Waals surface area contributed by atoms with Crippen molar-refractivity contribution < 1.29 is 80.2 Å². The smallest absolute Gasteiger partial charge is 0.462 e. The number of carbonyl (C=O) groups excluding carboxylic acids is 4. The second kappa shape index (κ2) is 54.2. The third-order valence-electron chi connectivity index (χ3n) is 14.9. The number of aliphatic hydroxyl groups is 1. The SMILES string of the molecule is CCC(C)CCCCCCCCCCC(=O)OC[C@H](COP(=O)(O)OC[C@@H](O)COP(=O)(O)OC[C@@H](COC(=O)CCCCCCCCC(C)C)OC(=O)CCCCCCCCCCC(C)C)OC(=O)CCCCCCCCCCC(C)C. The molecule has 0 aromatic rings. The lowest BCUT2D eigenvalue weighted by atomic mass is 9.99. The molecule has 0 aromatic carbocycles. The van der Waals surface area contributed by atoms with Crippen LogP contribution in [0.2, 0.25) is 0 Å². The number of rotatable bonds is 61. The van der Waals surface area contributed by atoms with Crippen LogP contribution in [-0.4, -0.2) is 96.7 Å². The van der Waals surface area contributed by atoms with Gasteiger partial charge in [0.1, 0.15) is 19.3 Å². The molecular weight excluding hydrogens is 1100 g/mol. The molecule has 0 aromatic heterocycles. The Bertz CT molecular complexity index is 1660. The van der Waals surface area contributed by atoms with Crippen LogP contribution < -0.4 is 0 Å². The van der Waals surface area contributed by atoms with Crippen LogP contribution >= 0.6 is 15.6 Å². The lowest BCUT2D eigenvalue weighted by Gasteiger charge is -2.21. The molecule has 0 saturated carbocycles. The Hall–Kier alpha value is -1.94. The predicted molar refractivity (Wildman–Crippen MR) is 331 cm³/mol. The number of ether oxygens (including phenoxy) is 4. The van der Waals surface area contributed by atoms with Crippen LogP contribution in [0.1, 0.15) is 306 Å². The molecule has 19 heteroatoms. The van der Waals surface area contributed by atoms with Crippen LogP contribution in [0.3, 0.4) is 0 Å². The molecule has 3 unspecified atom stereocenters. The molecular formula is C64H124O17P2. The van der Waals surface area contributed by atoms with Crippen molar-refractivity contribution in [3.63, 3.8) is 0 Å². The lowest BCUT2D eigenvalue weighted by Crippen LogP contribution is -2.30. The first-order valence-corrected chi connectivity index (χ1v) is 36.2. The minimum absolute atomic E-state index is 0.103. The number of phosphoric acid groups is 2. The van der Waals surface area contributed by atoms with Crippen molar-refractivity contribution in [1.29, 1.82) is 0 Å². The number of hydrogen-bond donors (Lipinski definition) is 3. The largest absolute Gasteiger partial charge is 0.472 e.